The monoisotopic (exact) mass is 355 g/mol. The Balaban J connectivity index is 1.88. The number of carbonyl (C=O) groups is 1. The largest absolute Gasteiger partial charge is 0.494 e. The number of rotatable bonds is 9. The van der Waals surface area contributed by atoms with E-state index in [0.717, 1.165) is 41.2 Å². The first kappa shape index (κ1) is 19.8. The van der Waals surface area contributed by atoms with Crippen molar-refractivity contribution in [2.75, 3.05) is 18.5 Å². The molecule has 0 fully saturated rings. The summed E-state index contributed by atoms with van der Waals surface area (Å²) in [5, 5.41) is 2.85. The van der Waals surface area contributed by atoms with Crippen LogP contribution >= 0.6 is 0 Å². The van der Waals surface area contributed by atoms with Crippen molar-refractivity contribution in [2.24, 2.45) is 0 Å². The molecule has 0 aliphatic carbocycles. The first-order valence-electron chi connectivity index (χ1n) is 9.25. The number of unbranched alkanes of at least 4 members (excludes halogenated alkanes) is 1. The quantitative estimate of drug-likeness (QED) is 0.620. The highest BCUT2D eigenvalue weighted by Gasteiger charge is 2.10. The first-order chi connectivity index (χ1) is 12.5. The minimum Gasteiger partial charge on any atom is -0.494 e. The van der Waals surface area contributed by atoms with Crippen LogP contribution in [0.3, 0.4) is 0 Å². The Labute approximate surface area is 156 Å². The van der Waals surface area contributed by atoms with Gasteiger partial charge in [0, 0.05) is 5.69 Å². The molecule has 0 atom stereocenters. The Bertz CT molecular complexity index is 708. The van der Waals surface area contributed by atoms with Gasteiger partial charge in [-0.1, -0.05) is 39.3 Å². The molecular formula is C22H29NO3. The molecule has 1 amide bonds. The molecule has 0 radical (unpaired) electrons. The van der Waals surface area contributed by atoms with Crippen molar-refractivity contribution in [3.8, 4) is 11.5 Å². The molecule has 0 bridgehead atoms. The average molecular weight is 355 g/mol. The summed E-state index contributed by atoms with van der Waals surface area (Å²) in [5.41, 5.74) is 2.95. The van der Waals surface area contributed by atoms with Crippen LogP contribution in [0, 0.1) is 6.92 Å². The maximum atomic E-state index is 12.2. The summed E-state index contributed by atoms with van der Waals surface area (Å²) < 4.78 is 11.4. The summed E-state index contributed by atoms with van der Waals surface area (Å²) in [7, 11) is 0. The molecule has 0 saturated carbocycles. The molecule has 1 N–H and O–H groups in total. The van der Waals surface area contributed by atoms with Crippen LogP contribution < -0.4 is 14.8 Å². The van der Waals surface area contributed by atoms with Gasteiger partial charge in [-0.3, -0.25) is 4.79 Å². The van der Waals surface area contributed by atoms with Crippen LogP contribution in [0.25, 0.3) is 0 Å². The zero-order valence-corrected chi connectivity index (χ0v) is 16.2. The smallest absolute Gasteiger partial charge is 0.262 e. The van der Waals surface area contributed by atoms with Gasteiger partial charge in [-0.05, 0) is 60.7 Å². The summed E-state index contributed by atoms with van der Waals surface area (Å²) in [6, 6.07) is 13.5. The normalized spacial score (nSPS) is 10.7. The molecule has 0 heterocycles. The maximum Gasteiger partial charge on any atom is 0.262 e. The number of aryl methyl sites for hydroxylation is 1. The van der Waals surface area contributed by atoms with Crippen molar-refractivity contribution in [3.63, 3.8) is 0 Å². The van der Waals surface area contributed by atoms with E-state index in [0.29, 0.717) is 12.5 Å². The van der Waals surface area contributed by atoms with Crippen LogP contribution in [0.5, 0.6) is 11.5 Å². The van der Waals surface area contributed by atoms with Crippen molar-refractivity contribution in [1.29, 1.82) is 0 Å². The van der Waals surface area contributed by atoms with E-state index in [1.165, 1.54) is 0 Å². The lowest BCUT2D eigenvalue weighted by Crippen LogP contribution is -2.20. The summed E-state index contributed by atoms with van der Waals surface area (Å²) in [6.45, 7) is 9.07. The third-order valence-electron chi connectivity index (χ3n) is 4.05. The lowest BCUT2D eigenvalue weighted by Gasteiger charge is -2.15. The van der Waals surface area contributed by atoms with E-state index in [1.807, 2.05) is 37.3 Å². The molecule has 4 nitrogen and oxygen atoms in total. The van der Waals surface area contributed by atoms with Gasteiger partial charge in [0.15, 0.2) is 6.61 Å². The molecule has 0 spiro atoms. The van der Waals surface area contributed by atoms with Gasteiger partial charge < -0.3 is 14.8 Å². The molecule has 0 aliphatic rings. The molecule has 2 aromatic rings. The number of nitrogens with one attached hydrogen (secondary N) is 1. The summed E-state index contributed by atoms with van der Waals surface area (Å²) in [4.78, 5) is 12.2. The molecule has 26 heavy (non-hydrogen) atoms. The fourth-order valence-corrected chi connectivity index (χ4v) is 2.55. The van der Waals surface area contributed by atoms with E-state index < -0.39 is 0 Å². The van der Waals surface area contributed by atoms with Crippen molar-refractivity contribution in [1.82, 2.24) is 0 Å². The molecule has 0 unspecified atom stereocenters. The third-order valence-corrected chi connectivity index (χ3v) is 4.05. The van der Waals surface area contributed by atoms with Gasteiger partial charge in [-0.2, -0.15) is 0 Å². The number of hydrogen-bond donors (Lipinski definition) is 1. The SMILES string of the molecule is CCCCOc1ccc(NC(=O)COc2cc(C)ccc2C(C)C)cc1. The van der Waals surface area contributed by atoms with E-state index in [2.05, 4.69) is 38.2 Å². The van der Waals surface area contributed by atoms with Crippen molar-refractivity contribution in [2.45, 2.75) is 46.5 Å². The zero-order chi connectivity index (χ0) is 18.9. The Morgan fingerprint density at radius 1 is 1.08 bits per heavy atom. The lowest BCUT2D eigenvalue weighted by atomic mass is 10.0. The summed E-state index contributed by atoms with van der Waals surface area (Å²) in [6.07, 6.45) is 2.14. The van der Waals surface area contributed by atoms with Gasteiger partial charge in [0.25, 0.3) is 5.91 Å². The highest BCUT2D eigenvalue weighted by atomic mass is 16.5. The van der Waals surface area contributed by atoms with Crippen LogP contribution in [0.4, 0.5) is 5.69 Å². The van der Waals surface area contributed by atoms with Crippen LogP contribution in [0.2, 0.25) is 0 Å². The molecular weight excluding hydrogens is 326 g/mol. The second-order valence-corrected chi connectivity index (χ2v) is 6.76. The molecule has 0 aromatic heterocycles. The van der Waals surface area contributed by atoms with Crippen molar-refractivity contribution in [3.05, 3.63) is 53.6 Å². The zero-order valence-electron chi connectivity index (χ0n) is 16.2. The van der Waals surface area contributed by atoms with E-state index in [-0.39, 0.29) is 12.5 Å². The Morgan fingerprint density at radius 3 is 2.46 bits per heavy atom. The molecule has 0 saturated heterocycles. The minimum absolute atomic E-state index is 0.0159. The van der Waals surface area contributed by atoms with Crippen molar-refractivity contribution >= 4 is 11.6 Å². The highest BCUT2D eigenvalue weighted by Crippen LogP contribution is 2.27. The second kappa shape index (κ2) is 9.85. The lowest BCUT2D eigenvalue weighted by molar-refractivity contribution is -0.118. The number of amides is 1. The summed E-state index contributed by atoms with van der Waals surface area (Å²) >= 11 is 0. The van der Waals surface area contributed by atoms with E-state index in [9.17, 15) is 4.79 Å². The van der Waals surface area contributed by atoms with E-state index in [1.54, 1.807) is 0 Å². The second-order valence-electron chi connectivity index (χ2n) is 6.76. The van der Waals surface area contributed by atoms with Gasteiger partial charge in [-0.25, -0.2) is 0 Å². The van der Waals surface area contributed by atoms with Gasteiger partial charge in [0.2, 0.25) is 0 Å². The van der Waals surface area contributed by atoms with E-state index in [4.69, 9.17) is 9.47 Å². The molecule has 0 aliphatic heterocycles. The van der Waals surface area contributed by atoms with Crippen LogP contribution in [-0.2, 0) is 4.79 Å². The average Bonchev–Trinajstić information content (AvgIpc) is 2.61. The van der Waals surface area contributed by atoms with Gasteiger partial charge in [0.1, 0.15) is 11.5 Å². The topological polar surface area (TPSA) is 47.6 Å². The molecule has 2 aromatic carbocycles. The number of carbonyl (C=O) groups excluding carboxylic acids is 1. The fraction of sp³-hybridized carbons (Fsp3) is 0.409. The molecule has 140 valence electrons. The number of anilines is 1. The Morgan fingerprint density at radius 2 is 1.81 bits per heavy atom. The molecule has 4 heteroatoms. The van der Waals surface area contributed by atoms with Crippen LogP contribution in [0.15, 0.2) is 42.5 Å². The Hall–Kier alpha value is -2.49. The number of hydrogen-bond acceptors (Lipinski definition) is 3. The summed E-state index contributed by atoms with van der Waals surface area (Å²) in [5.74, 6) is 1.75. The van der Waals surface area contributed by atoms with Gasteiger partial charge in [0.05, 0.1) is 6.61 Å². The van der Waals surface area contributed by atoms with E-state index >= 15 is 0 Å². The van der Waals surface area contributed by atoms with Crippen LogP contribution in [-0.4, -0.2) is 19.1 Å². The minimum atomic E-state index is -0.180. The van der Waals surface area contributed by atoms with Gasteiger partial charge in [-0.15, -0.1) is 0 Å². The fourth-order valence-electron chi connectivity index (χ4n) is 2.55. The predicted octanol–water partition coefficient (Wildman–Crippen LogP) is 5.31. The Kier molecular flexibility index (Phi) is 7.52. The van der Waals surface area contributed by atoms with Gasteiger partial charge >= 0.3 is 0 Å². The standard InChI is InChI=1S/C22H29NO3/c1-5-6-13-25-19-10-8-18(9-11-19)23-22(24)15-26-21-14-17(4)7-12-20(21)16(2)3/h7-12,14,16H,5-6,13,15H2,1-4H3,(H,23,24). The highest BCUT2D eigenvalue weighted by molar-refractivity contribution is 5.91. The molecule has 2 rings (SSSR count). The maximum absolute atomic E-state index is 12.2. The van der Waals surface area contributed by atoms with Crippen LogP contribution in [0.1, 0.15) is 50.7 Å². The first-order valence-corrected chi connectivity index (χ1v) is 9.25. The van der Waals surface area contributed by atoms with Crippen molar-refractivity contribution < 1.29 is 14.3 Å². The predicted molar refractivity (Wildman–Crippen MR) is 106 cm³/mol. The third kappa shape index (κ3) is 6.10. The number of benzene rings is 2. The number of ether oxygens (including phenoxy) is 2.